The Morgan fingerprint density at radius 2 is 1.80 bits per heavy atom. The molecule has 0 bridgehead atoms. The van der Waals surface area contributed by atoms with Crippen molar-refractivity contribution in [3.8, 4) is 0 Å². The highest BCUT2D eigenvalue weighted by Gasteiger charge is 2.16. The van der Waals surface area contributed by atoms with Gasteiger partial charge in [-0.2, -0.15) is 0 Å². The van der Waals surface area contributed by atoms with Crippen LogP contribution < -0.4 is 10.2 Å². The fraction of sp³-hybridized carbons (Fsp3) is 0.600. The van der Waals surface area contributed by atoms with Crippen molar-refractivity contribution in [1.82, 2.24) is 15.5 Å². The first-order valence-electron chi connectivity index (χ1n) is 5.15. The van der Waals surface area contributed by atoms with Crippen LogP contribution in [0.3, 0.4) is 0 Å². The van der Waals surface area contributed by atoms with E-state index in [4.69, 9.17) is 11.6 Å². The van der Waals surface area contributed by atoms with Gasteiger partial charge >= 0.3 is 0 Å². The lowest BCUT2D eigenvalue weighted by atomic mass is 10.2. The molecule has 1 aliphatic rings. The van der Waals surface area contributed by atoms with Crippen molar-refractivity contribution < 1.29 is 0 Å². The zero-order valence-electron chi connectivity index (χ0n) is 9.05. The van der Waals surface area contributed by atoms with E-state index in [-0.39, 0.29) is 0 Å². The normalized spacial score (nSPS) is 16.9. The number of halogens is 1. The SMILES string of the molecule is Cc1c(Cl)nnc(N2CCNCC2)c1C. The summed E-state index contributed by atoms with van der Waals surface area (Å²) in [6.45, 7) is 8.00. The Morgan fingerprint density at radius 1 is 1.13 bits per heavy atom. The van der Waals surface area contributed by atoms with Crippen molar-refractivity contribution in [3.05, 3.63) is 16.3 Å². The molecular formula is C10H15ClN4. The Labute approximate surface area is 94.6 Å². The van der Waals surface area contributed by atoms with Crippen LogP contribution in [0.2, 0.25) is 5.15 Å². The predicted molar refractivity (Wildman–Crippen MR) is 61.6 cm³/mol. The minimum Gasteiger partial charge on any atom is -0.352 e. The van der Waals surface area contributed by atoms with Gasteiger partial charge in [0, 0.05) is 26.2 Å². The van der Waals surface area contributed by atoms with Gasteiger partial charge in [0.05, 0.1) is 0 Å². The molecule has 1 saturated heterocycles. The van der Waals surface area contributed by atoms with E-state index in [0.29, 0.717) is 5.15 Å². The number of piperazine rings is 1. The number of hydrogen-bond donors (Lipinski definition) is 1. The molecule has 0 amide bonds. The minimum atomic E-state index is 0.506. The van der Waals surface area contributed by atoms with Gasteiger partial charge in [-0.3, -0.25) is 0 Å². The van der Waals surface area contributed by atoms with E-state index in [0.717, 1.165) is 43.1 Å². The van der Waals surface area contributed by atoms with Crippen LogP contribution in [0.25, 0.3) is 0 Å². The summed E-state index contributed by atoms with van der Waals surface area (Å²) < 4.78 is 0. The summed E-state index contributed by atoms with van der Waals surface area (Å²) in [5.41, 5.74) is 2.16. The van der Waals surface area contributed by atoms with Crippen LogP contribution in [0, 0.1) is 13.8 Å². The van der Waals surface area contributed by atoms with Crippen LogP contribution >= 0.6 is 11.6 Å². The Morgan fingerprint density at radius 3 is 2.47 bits per heavy atom. The molecule has 0 aliphatic carbocycles. The summed E-state index contributed by atoms with van der Waals surface area (Å²) in [6, 6.07) is 0. The highest BCUT2D eigenvalue weighted by molar-refractivity contribution is 6.30. The van der Waals surface area contributed by atoms with Gasteiger partial charge in [-0.1, -0.05) is 11.6 Å². The molecule has 0 radical (unpaired) electrons. The van der Waals surface area contributed by atoms with E-state index in [9.17, 15) is 0 Å². The molecule has 0 unspecified atom stereocenters. The zero-order chi connectivity index (χ0) is 10.8. The number of aromatic nitrogens is 2. The predicted octanol–water partition coefficient (Wildman–Crippen LogP) is 1.16. The van der Waals surface area contributed by atoms with Gasteiger partial charge in [0.1, 0.15) is 0 Å². The molecule has 0 aromatic carbocycles. The third-order valence-corrected chi connectivity index (χ3v) is 3.22. The van der Waals surface area contributed by atoms with Crippen LogP contribution in [0.1, 0.15) is 11.1 Å². The summed E-state index contributed by atoms with van der Waals surface area (Å²) in [5, 5.41) is 12.0. The second kappa shape index (κ2) is 4.33. The topological polar surface area (TPSA) is 41.1 Å². The molecular weight excluding hydrogens is 212 g/mol. The maximum absolute atomic E-state index is 5.92. The number of anilines is 1. The molecule has 0 atom stereocenters. The molecule has 2 heterocycles. The first-order valence-corrected chi connectivity index (χ1v) is 5.53. The molecule has 2 rings (SSSR count). The minimum absolute atomic E-state index is 0.506. The van der Waals surface area contributed by atoms with E-state index >= 15 is 0 Å². The third kappa shape index (κ3) is 2.06. The number of rotatable bonds is 1. The second-order valence-corrected chi connectivity index (χ2v) is 4.16. The third-order valence-electron chi connectivity index (χ3n) is 2.86. The van der Waals surface area contributed by atoms with Crippen LogP contribution in [-0.2, 0) is 0 Å². The molecule has 1 N–H and O–H groups in total. The Kier molecular flexibility index (Phi) is 3.07. The lowest BCUT2D eigenvalue weighted by Gasteiger charge is -2.29. The fourth-order valence-electron chi connectivity index (χ4n) is 1.74. The monoisotopic (exact) mass is 226 g/mol. The zero-order valence-corrected chi connectivity index (χ0v) is 9.80. The highest BCUT2D eigenvalue weighted by atomic mass is 35.5. The van der Waals surface area contributed by atoms with Gasteiger partial charge in [0.2, 0.25) is 0 Å². The van der Waals surface area contributed by atoms with Crippen molar-refractivity contribution in [2.45, 2.75) is 13.8 Å². The first kappa shape index (κ1) is 10.6. The van der Waals surface area contributed by atoms with Crippen molar-refractivity contribution in [2.75, 3.05) is 31.1 Å². The van der Waals surface area contributed by atoms with Crippen molar-refractivity contribution >= 4 is 17.4 Å². The van der Waals surface area contributed by atoms with Gasteiger partial charge in [-0.15, -0.1) is 10.2 Å². The Bertz CT molecular complexity index is 361. The fourth-order valence-corrected chi connectivity index (χ4v) is 1.92. The molecule has 1 aromatic rings. The molecule has 1 fully saturated rings. The maximum Gasteiger partial charge on any atom is 0.155 e. The number of nitrogens with one attached hydrogen (secondary N) is 1. The second-order valence-electron chi connectivity index (χ2n) is 3.80. The Hall–Kier alpha value is -0.870. The van der Waals surface area contributed by atoms with Crippen LogP contribution in [0.5, 0.6) is 0 Å². The standard InChI is InChI=1S/C10H15ClN4/c1-7-8(2)10(14-13-9(7)11)15-5-3-12-4-6-15/h12H,3-6H2,1-2H3. The summed E-state index contributed by atoms with van der Waals surface area (Å²) in [7, 11) is 0. The lowest BCUT2D eigenvalue weighted by molar-refractivity contribution is 0.581. The van der Waals surface area contributed by atoms with E-state index < -0.39 is 0 Å². The van der Waals surface area contributed by atoms with Gasteiger partial charge in [-0.25, -0.2) is 0 Å². The average Bonchev–Trinajstić information content (AvgIpc) is 2.27. The summed E-state index contributed by atoms with van der Waals surface area (Å²) in [4.78, 5) is 2.25. The Balaban J connectivity index is 2.31. The summed E-state index contributed by atoms with van der Waals surface area (Å²) in [6.07, 6.45) is 0. The molecule has 5 heteroatoms. The first-order chi connectivity index (χ1) is 7.20. The molecule has 82 valence electrons. The van der Waals surface area contributed by atoms with Gasteiger partial charge in [-0.05, 0) is 25.0 Å². The van der Waals surface area contributed by atoms with Gasteiger partial charge in [0.15, 0.2) is 11.0 Å². The molecule has 1 aliphatic heterocycles. The number of nitrogens with zero attached hydrogens (tertiary/aromatic N) is 3. The molecule has 0 saturated carbocycles. The molecule has 1 aromatic heterocycles. The maximum atomic E-state index is 5.92. The average molecular weight is 227 g/mol. The smallest absolute Gasteiger partial charge is 0.155 e. The number of hydrogen-bond acceptors (Lipinski definition) is 4. The molecule has 0 spiro atoms. The van der Waals surface area contributed by atoms with E-state index in [1.807, 2.05) is 13.8 Å². The molecule has 15 heavy (non-hydrogen) atoms. The van der Waals surface area contributed by atoms with Crippen molar-refractivity contribution in [3.63, 3.8) is 0 Å². The summed E-state index contributed by atoms with van der Waals surface area (Å²) in [5.74, 6) is 0.971. The van der Waals surface area contributed by atoms with Crippen molar-refractivity contribution in [2.24, 2.45) is 0 Å². The largest absolute Gasteiger partial charge is 0.352 e. The molecule has 4 nitrogen and oxygen atoms in total. The van der Waals surface area contributed by atoms with E-state index in [1.165, 1.54) is 0 Å². The highest BCUT2D eigenvalue weighted by Crippen LogP contribution is 2.23. The van der Waals surface area contributed by atoms with Crippen LogP contribution in [0.4, 0.5) is 5.82 Å². The summed E-state index contributed by atoms with van der Waals surface area (Å²) >= 11 is 5.92. The van der Waals surface area contributed by atoms with Crippen LogP contribution in [0.15, 0.2) is 0 Å². The van der Waals surface area contributed by atoms with Crippen molar-refractivity contribution in [1.29, 1.82) is 0 Å². The van der Waals surface area contributed by atoms with E-state index in [2.05, 4.69) is 20.4 Å². The van der Waals surface area contributed by atoms with Gasteiger partial charge < -0.3 is 10.2 Å². The quantitative estimate of drug-likeness (QED) is 0.780. The van der Waals surface area contributed by atoms with Crippen LogP contribution in [-0.4, -0.2) is 36.4 Å². The van der Waals surface area contributed by atoms with E-state index in [1.54, 1.807) is 0 Å². The van der Waals surface area contributed by atoms with Gasteiger partial charge in [0.25, 0.3) is 0 Å². The lowest BCUT2D eigenvalue weighted by Crippen LogP contribution is -2.44.